The monoisotopic (exact) mass is 575 g/mol. The van der Waals surface area contributed by atoms with E-state index in [9.17, 15) is 0 Å². The predicted octanol–water partition coefficient (Wildman–Crippen LogP) is 10.4. The van der Waals surface area contributed by atoms with Crippen molar-refractivity contribution in [1.82, 2.24) is 15.0 Å². The van der Waals surface area contributed by atoms with Gasteiger partial charge in [-0.25, -0.2) is 15.0 Å². The molecule has 0 aliphatic carbocycles. The summed E-state index contributed by atoms with van der Waals surface area (Å²) in [5.41, 5.74) is 7.80. The summed E-state index contributed by atoms with van der Waals surface area (Å²) < 4.78 is 0. The van der Waals surface area contributed by atoms with E-state index in [4.69, 9.17) is 15.0 Å². The van der Waals surface area contributed by atoms with Gasteiger partial charge in [0.15, 0.2) is 11.6 Å². The molecular weight excluding hydrogens is 546 g/mol. The van der Waals surface area contributed by atoms with Gasteiger partial charge in [-0.05, 0) is 67.6 Å². The third kappa shape index (κ3) is 5.60. The highest BCUT2D eigenvalue weighted by molar-refractivity contribution is 5.88. The van der Waals surface area contributed by atoms with Crippen molar-refractivity contribution >= 4 is 21.5 Å². The molecule has 0 spiro atoms. The molecule has 0 aliphatic heterocycles. The lowest BCUT2D eigenvalue weighted by atomic mass is 9.95. The second-order valence-corrected chi connectivity index (χ2v) is 11.4. The fourth-order valence-electron chi connectivity index (χ4n) is 5.99. The number of nitrogens with zero attached hydrogens (tertiary/aromatic N) is 3. The molecule has 0 aliphatic rings. The molecule has 3 nitrogen and oxygen atoms in total. The van der Waals surface area contributed by atoms with Crippen molar-refractivity contribution in [2.24, 2.45) is 0 Å². The van der Waals surface area contributed by atoms with Gasteiger partial charge in [-0.3, -0.25) is 0 Å². The molecule has 1 heterocycles. The van der Waals surface area contributed by atoms with E-state index in [2.05, 4.69) is 164 Å². The summed E-state index contributed by atoms with van der Waals surface area (Å²) in [6.45, 7) is 0. The number of hydrogen-bond acceptors (Lipinski definition) is 3. The second-order valence-electron chi connectivity index (χ2n) is 11.4. The van der Waals surface area contributed by atoms with Crippen LogP contribution in [0.3, 0.4) is 0 Å². The molecule has 3 heteroatoms. The molecule has 0 radical (unpaired) electrons. The highest BCUT2D eigenvalue weighted by atomic mass is 15.0. The van der Waals surface area contributed by atoms with Crippen molar-refractivity contribution in [3.8, 4) is 45.0 Å². The third-order valence-corrected chi connectivity index (χ3v) is 8.27. The van der Waals surface area contributed by atoms with Gasteiger partial charge in [-0.2, -0.15) is 0 Å². The Balaban J connectivity index is 1.27. The smallest absolute Gasteiger partial charge is 0.163 e. The summed E-state index contributed by atoms with van der Waals surface area (Å²) in [6, 6.07) is 57.5. The maximum atomic E-state index is 5.08. The van der Waals surface area contributed by atoms with Gasteiger partial charge in [-0.15, -0.1) is 0 Å². The summed E-state index contributed by atoms with van der Waals surface area (Å²) >= 11 is 0. The predicted molar refractivity (Wildman–Crippen MR) is 186 cm³/mol. The minimum Gasteiger partial charge on any atom is -0.213 e. The molecule has 0 unspecified atom stereocenters. The van der Waals surface area contributed by atoms with Gasteiger partial charge < -0.3 is 0 Å². The molecule has 0 bridgehead atoms. The van der Waals surface area contributed by atoms with E-state index >= 15 is 0 Å². The standard InChI is InChI=1S/C42H29N3/c1-3-11-30(12-4-1)38-23-29(24-39(28-38)31-13-5-2-6-14-31)25-40-43-41(36-21-19-32-15-7-9-17-34(32)26-36)45-42(44-40)37-22-20-33-16-8-10-18-35(33)27-37/h1-24,26-28H,25H2. The Bertz CT molecular complexity index is 2140. The van der Waals surface area contributed by atoms with Crippen LogP contribution in [0, 0.1) is 0 Å². The Morgan fingerprint density at radius 1 is 0.311 bits per heavy atom. The van der Waals surface area contributed by atoms with Gasteiger partial charge >= 0.3 is 0 Å². The average Bonchev–Trinajstić information content (AvgIpc) is 3.11. The molecule has 0 amide bonds. The van der Waals surface area contributed by atoms with Gasteiger partial charge in [0.25, 0.3) is 0 Å². The zero-order chi connectivity index (χ0) is 30.0. The second kappa shape index (κ2) is 11.6. The summed E-state index contributed by atoms with van der Waals surface area (Å²) in [6.07, 6.45) is 0.574. The molecule has 1 aromatic heterocycles. The Labute approximate surface area is 262 Å². The van der Waals surface area contributed by atoms with Gasteiger partial charge in [0.2, 0.25) is 0 Å². The van der Waals surface area contributed by atoms with Crippen LogP contribution in [0.1, 0.15) is 11.4 Å². The molecule has 0 fully saturated rings. The largest absolute Gasteiger partial charge is 0.213 e. The van der Waals surface area contributed by atoms with E-state index in [1.54, 1.807) is 0 Å². The third-order valence-electron chi connectivity index (χ3n) is 8.27. The van der Waals surface area contributed by atoms with Crippen LogP contribution in [-0.2, 0) is 6.42 Å². The van der Waals surface area contributed by atoms with Gasteiger partial charge in [-0.1, -0.05) is 146 Å². The molecule has 0 saturated carbocycles. The van der Waals surface area contributed by atoms with Crippen molar-refractivity contribution in [3.05, 3.63) is 175 Å². The molecule has 8 aromatic rings. The number of rotatable bonds is 6. The molecule has 212 valence electrons. The van der Waals surface area contributed by atoms with Gasteiger partial charge in [0, 0.05) is 17.5 Å². The first-order chi connectivity index (χ1) is 22.2. The normalized spacial score (nSPS) is 11.2. The highest BCUT2D eigenvalue weighted by Gasteiger charge is 2.14. The number of aromatic nitrogens is 3. The Morgan fingerprint density at radius 3 is 1.24 bits per heavy atom. The minimum absolute atomic E-state index is 0.574. The van der Waals surface area contributed by atoms with Crippen LogP contribution >= 0.6 is 0 Å². The first-order valence-corrected chi connectivity index (χ1v) is 15.2. The SMILES string of the molecule is c1ccc(-c2cc(Cc3nc(-c4ccc5ccccc5c4)nc(-c4ccc5ccccc5c4)n3)cc(-c3ccccc3)c2)cc1. The topological polar surface area (TPSA) is 38.7 Å². The van der Waals surface area contributed by atoms with Crippen LogP contribution < -0.4 is 0 Å². The molecule has 8 rings (SSSR count). The highest BCUT2D eigenvalue weighted by Crippen LogP contribution is 2.31. The van der Waals surface area contributed by atoms with E-state index in [0.29, 0.717) is 18.1 Å². The maximum absolute atomic E-state index is 5.08. The molecule has 45 heavy (non-hydrogen) atoms. The van der Waals surface area contributed by atoms with Crippen molar-refractivity contribution in [2.45, 2.75) is 6.42 Å². The lowest BCUT2D eigenvalue weighted by Crippen LogP contribution is -2.04. The maximum Gasteiger partial charge on any atom is 0.163 e. The lowest BCUT2D eigenvalue weighted by molar-refractivity contribution is 0.933. The van der Waals surface area contributed by atoms with Crippen molar-refractivity contribution < 1.29 is 0 Å². The van der Waals surface area contributed by atoms with Crippen LogP contribution in [0.4, 0.5) is 0 Å². The average molecular weight is 576 g/mol. The first-order valence-electron chi connectivity index (χ1n) is 15.2. The van der Waals surface area contributed by atoms with Gasteiger partial charge in [0.1, 0.15) is 5.82 Å². The van der Waals surface area contributed by atoms with Crippen molar-refractivity contribution in [1.29, 1.82) is 0 Å². The Hall–Kier alpha value is -5.93. The fourth-order valence-corrected chi connectivity index (χ4v) is 5.99. The van der Waals surface area contributed by atoms with Crippen LogP contribution in [0.15, 0.2) is 164 Å². The Morgan fingerprint density at radius 2 is 0.756 bits per heavy atom. The molecule has 7 aromatic carbocycles. The zero-order valence-corrected chi connectivity index (χ0v) is 24.6. The van der Waals surface area contributed by atoms with E-state index < -0.39 is 0 Å². The van der Waals surface area contributed by atoms with Crippen LogP contribution in [0.2, 0.25) is 0 Å². The van der Waals surface area contributed by atoms with Crippen LogP contribution in [0.25, 0.3) is 66.6 Å². The van der Waals surface area contributed by atoms with Crippen LogP contribution in [-0.4, -0.2) is 15.0 Å². The molecule has 0 N–H and O–H groups in total. The molecule has 0 atom stereocenters. The van der Waals surface area contributed by atoms with E-state index in [0.717, 1.165) is 33.3 Å². The summed E-state index contributed by atoms with van der Waals surface area (Å²) in [4.78, 5) is 15.2. The number of fused-ring (bicyclic) bond motifs is 2. The summed E-state index contributed by atoms with van der Waals surface area (Å²) in [5, 5.41) is 4.70. The van der Waals surface area contributed by atoms with E-state index in [1.165, 1.54) is 33.0 Å². The molecular formula is C42H29N3. The quantitative estimate of drug-likeness (QED) is 0.198. The Kier molecular flexibility index (Phi) is 6.89. The number of hydrogen-bond donors (Lipinski definition) is 0. The zero-order valence-electron chi connectivity index (χ0n) is 24.6. The van der Waals surface area contributed by atoms with Crippen molar-refractivity contribution in [2.75, 3.05) is 0 Å². The number of benzene rings is 7. The van der Waals surface area contributed by atoms with E-state index in [1.807, 2.05) is 0 Å². The first kappa shape index (κ1) is 26.7. The van der Waals surface area contributed by atoms with Gasteiger partial charge in [0.05, 0.1) is 0 Å². The summed E-state index contributed by atoms with van der Waals surface area (Å²) in [7, 11) is 0. The van der Waals surface area contributed by atoms with Crippen LogP contribution in [0.5, 0.6) is 0 Å². The molecule has 0 saturated heterocycles. The minimum atomic E-state index is 0.574. The summed E-state index contributed by atoms with van der Waals surface area (Å²) in [5.74, 6) is 2.09. The lowest BCUT2D eigenvalue weighted by Gasteiger charge is -2.12. The van der Waals surface area contributed by atoms with Crippen molar-refractivity contribution in [3.63, 3.8) is 0 Å². The fraction of sp³-hybridized carbons (Fsp3) is 0.0238. The van der Waals surface area contributed by atoms with E-state index in [-0.39, 0.29) is 0 Å².